The molecule has 298 valence electrons. The Bertz CT molecular complexity index is 3610. The van der Waals surface area contributed by atoms with Crippen molar-refractivity contribution in [3.8, 4) is 33.4 Å². The largest absolute Gasteiger partial charge is 0.310 e. The summed E-state index contributed by atoms with van der Waals surface area (Å²) in [4.78, 5) is 2.44. The number of para-hydroxylation sites is 2. The molecule has 1 aromatic heterocycles. The molecule has 0 fully saturated rings. The Morgan fingerprint density at radius 1 is 0.281 bits per heavy atom. The summed E-state index contributed by atoms with van der Waals surface area (Å²) >= 11 is 1.86. The van der Waals surface area contributed by atoms with Crippen LogP contribution in [0.1, 0.15) is 44.5 Å². The van der Waals surface area contributed by atoms with Gasteiger partial charge < -0.3 is 4.90 Å². The molecule has 0 saturated carbocycles. The predicted octanol–water partition coefficient (Wildman–Crippen LogP) is 16.2. The van der Waals surface area contributed by atoms with Gasteiger partial charge in [0.15, 0.2) is 0 Å². The van der Waals surface area contributed by atoms with Gasteiger partial charge in [0.2, 0.25) is 0 Å². The SMILES string of the molecule is c1ccc(N(c2ccc3c(c2)sc2ccccc23)c2ccccc2-c2ccc3c(c2)-c2ccccc2C32c3ccccc3C3(c4ccccc4-c4ccccc43)c3ccccc32)cc1. The topological polar surface area (TPSA) is 3.24 Å². The molecule has 2 spiro atoms. The maximum Gasteiger partial charge on any atom is 0.0720 e. The predicted molar refractivity (Wildman–Crippen MR) is 268 cm³/mol. The molecule has 64 heavy (non-hydrogen) atoms. The van der Waals surface area contributed by atoms with Gasteiger partial charge >= 0.3 is 0 Å². The van der Waals surface area contributed by atoms with E-state index in [2.05, 4.69) is 241 Å². The van der Waals surface area contributed by atoms with Crippen molar-refractivity contribution in [3.05, 3.63) is 281 Å². The monoisotopic (exact) mass is 829 g/mol. The van der Waals surface area contributed by atoms with Gasteiger partial charge in [0.1, 0.15) is 0 Å². The summed E-state index contributed by atoms with van der Waals surface area (Å²) in [5, 5.41) is 2.61. The van der Waals surface area contributed by atoms with Crippen molar-refractivity contribution in [2.45, 2.75) is 10.8 Å². The van der Waals surface area contributed by atoms with E-state index in [0.29, 0.717) is 0 Å². The molecule has 0 atom stereocenters. The van der Waals surface area contributed by atoms with Gasteiger partial charge in [-0.2, -0.15) is 0 Å². The summed E-state index contributed by atoms with van der Waals surface area (Å²) < 4.78 is 2.60. The Morgan fingerprint density at radius 3 is 1.34 bits per heavy atom. The molecular weight excluding hydrogens is 791 g/mol. The first-order valence-corrected chi connectivity index (χ1v) is 23.1. The van der Waals surface area contributed by atoms with Crippen LogP contribution in [0.3, 0.4) is 0 Å². The first kappa shape index (κ1) is 35.8. The molecule has 14 rings (SSSR count). The summed E-state index contributed by atoms with van der Waals surface area (Å²) in [6, 6.07) is 89.0. The number of hydrogen-bond donors (Lipinski definition) is 0. The van der Waals surface area contributed by atoms with E-state index < -0.39 is 10.8 Å². The van der Waals surface area contributed by atoms with E-state index in [1.165, 1.54) is 98.1 Å². The first-order valence-electron chi connectivity index (χ1n) is 22.3. The van der Waals surface area contributed by atoms with Crippen LogP contribution in [0.15, 0.2) is 237 Å². The van der Waals surface area contributed by atoms with E-state index in [-0.39, 0.29) is 0 Å². The van der Waals surface area contributed by atoms with Crippen molar-refractivity contribution in [2.75, 3.05) is 4.90 Å². The molecule has 0 amide bonds. The number of hydrogen-bond acceptors (Lipinski definition) is 2. The fourth-order valence-corrected chi connectivity index (χ4v) is 13.3. The van der Waals surface area contributed by atoms with Crippen LogP contribution >= 0.6 is 11.3 Å². The van der Waals surface area contributed by atoms with Crippen LogP contribution in [0.4, 0.5) is 17.1 Å². The average molecular weight is 830 g/mol. The van der Waals surface area contributed by atoms with Gasteiger partial charge in [0.05, 0.1) is 16.5 Å². The Balaban J connectivity index is 1.000. The fourth-order valence-electron chi connectivity index (χ4n) is 12.2. The van der Waals surface area contributed by atoms with E-state index >= 15 is 0 Å². The van der Waals surface area contributed by atoms with E-state index in [0.717, 1.165) is 17.1 Å². The normalized spacial score (nSPS) is 14.2. The van der Waals surface area contributed by atoms with Gasteiger partial charge in [-0.05, 0) is 115 Å². The second-order valence-electron chi connectivity index (χ2n) is 17.5. The zero-order valence-corrected chi connectivity index (χ0v) is 35.7. The Kier molecular flexibility index (Phi) is 7.47. The molecule has 11 aromatic rings. The molecule has 0 unspecified atom stereocenters. The number of fused-ring (bicyclic) bond motifs is 19. The van der Waals surface area contributed by atoms with E-state index in [1.807, 2.05) is 11.3 Å². The highest BCUT2D eigenvalue weighted by molar-refractivity contribution is 7.25. The minimum Gasteiger partial charge on any atom is -0.310 e. The lowest BCUT2D eigenvalue weighted by atomic mass is 9.52. The van der Waals surface area contributed by atoms with E-state index in [1.54, 1.807) is 0 Å². The quantitative estimate of drug-likeness (QED) is 0.171. The van der Waals surface area contributed by atoms with Gasteiger partial charge in [-0.15, -0.1) is 11.3 Å². The minimum absolute atomic E-state index is 0.456. The summed E-state index contributed by atoms with van der Waals surface area (Å²) in [5.41, 5.74) is 20.8. The lowest BCUT2D eigenvalue weighted by Gasteiger charge is -2.48. The molecular formula is C62H39NS. The van der Waals surface area contributed by atoms with E-state index in [9.17, 15) is 0 Å². The number of nitrogens with zero attached hydrogens (tertiary/aromatic N) is 1. The standard InChI is InChI=1S/C62H39NS/c1-2-18-41(19-3-1)63(42-35-36-48-47-24-8-17-33-59(47)64-60(48)39-42)58-32-16-7-20-43(58)40-34-37-53-49(38-40)46-23-6-11-27-52(46)62(53)56-30-14-12-28-54(56)61(55-29-13-15-31-57(55)62)50-25-9-4-21-44(50)45-22-5-10-26-51(45)61/h1-39H. The molecule has 3 aliphatic rings. The van der Waals surface area contributed by atoms with Crippen molar-refractivity contribution in [2.24, 2.45) is 0 Å². The average Bonchev–Trinajstić information content (AvgIpc) is 3.99. The lowest BCUT2D eigenvalue weighted by molar-refractivity contribution is 0.633. The van der Waals surface area contributed by atoms with Crippen molar-refractivity contribution in [1.82, 2.24) is 0 Å². The molecule has 0 radical (unpaired) electrons. The number of benzene rings is 10. The lowest BCUT2D eigenvalue weighted by Crippen LogP contribution is -2.43. The van der Waals surface area contributed by atoms with Crippen LogP contribution in [0.25, 0.3) is 53.6 Å². The zero-order valence-electron chi connectivity index (χ0n) is 34.9. The van der Waals surface area contributed by atoms with Crippen LogP contribution in [0.2, 0.25) is 0 Å². The molecule has 0 saturated heterocycles. The van der Waals surface area contributed by atoms with Gasteiger partial charge in [-0.1, -0.05) is 194 Å². The summed E-state index contributed by atoms with van der Waals surface area (Å²) in [6.45, 7) is 0. The van der Waals surface area contributed by atoms with Gasteiger partial charge in [-0.3, -0.25) is 0 Å². The second kappa shape index (κ2) is 13.4. The molecule has 2 heteroatoms. The van der Waals surface area contributed by atoms with Crippen molar-refractivity contribution >= 4 is 48.6 Å². The third-order valence-electron chi connectivity index (χ3n) is 14.6. The number of anilines is 3. The van der Waals surface area contributed by atoms with Crippen molar-refractivity contribution in [3.63, 3.8) is 0 Å². The van der Waals surface area contributed by atoms with E-state index in [4.69, 9.17) is 0 Å². The molecule has 10 aromatic carbocycles. The number of thiophene rings is 1. The molecule has 0 N–H and O–H groups in total. The summed E-state index contributed by atoms with van der Waals surface area (Å²) in [5.74, 6) is 0. The third kappa shape index (κ3) is 4.57. The molecule has 3 aliphatic carbocycles. The molecule has 0 bridgehead atoms. The summed E-state index contributed by atoms with van der Waals surface area (Å²) in [6.07, 6.45) is 0. The Morgan fingerprint density at radius 2 is 0.734 bits per heavy atom. The maximum absolute atomic E-state index is 2.48. The van der Waals surface area contributed by atoms with Gasteiger partial charge in [0, 0.05) is 37.1 Å². The smallest absolute Gasteiger partial charge is 0.0720 e. The van der Waals surface area contributed by atoms with Crippen LogP contribution in [0, 0.1) is 0 Å². The third-order valence-corrected chi connectivity index (χ3v) is 15.7. The molecule has 1 heterocycles. The van der Waals surface area contributed by atoms with Crippen LogP contribution in [-0.2, 0) is 10.8 Å². The molecule has 0 aliphatic heterocycles. The Labute approximate surface area is 376 Å². The summed E-state index contributed by atoms with van der Waals surface area (Å²) in [7, 11) is 0. The van der Waals surface area contributed by atoms with Gasteiger partial charge in [0.25, 0.3) is 0 Å². The van der Waals surface area contributed by atoms with Crippen molar-refractivity contribution in [1.29, 1.82) is 0 Å². The van der Waals surface area contributed by atoms with Gasteiger partial charge in [-0.25, -0.2) is 0 Å². The number of rotatable bonds is 4. The van der Waals surface area contributed by atoms with Crippen LogP contribution < -0.4 is 4.90 Å². The molecule has 1 nitrogen and oxygen atoms in total. The van der Waals surface area contributed by atoms with Crippen molar-refractivity contribution < 1.29 is 0 Å². The highest BCUT2D eigenvalue weighted by Crippen LogP contribution is 2.67. The van der Waals surface area contributed by atoms with Crippen LogP contribution in [-0.4, -0.2) is 0 Å². The first-order chi connectivity index (χ1) is 31.8. The minimum atomic E-state index is -0.523. The maximum atomic E-state index is 2.48. The Hall–Kier alpha value is -7.78. The van der Waals surface area contributed by atoms with Crippen LogP contribution in [0.5, 0.6) is 0 Å². The highest BCUT2D eigenvalue weighted by atomic mass is 32.1. The second-order valence-corrected chi connectivity index (χ2v) is 18.5. The fraction of sp³-hybridized carbons (Fsp3) is 0.0323. The zero-order chi connectivity index (χ0) is 42.0. The highest BCUT2D eigenvalue weighted by Gasteiger charge is 2.58.